The van der Waals surface area contributed by atoms with Gasteiger partial charge in [0.15, 0.2) is 0 Å². The van der Waals surface area contributed by atoms with Crippen molar-refractivity contribution in [1.82, 2.24) is 15.1 Å². The molecule has 4 heteroatoms. The molecule has 1 aliphatic heterocycles. The average molecular weight is 283 g/mol. The van der Waals surface area contributed by atoms with Crippen molar-refractivity contribution in [2.75, 3.05) is 20.6 Å². The maximum absolute atomic E-state index is 12.9. The molecule has 118 valence electrons. The Balaban J connectivity index is 3.04. The van der Waals surface area contributed by atoms with Gasteiger partial charge in [-0.1, -0.05) is 34.1 Å². The molecule has 4 nitrogen and oxygen atoms in total. The van der Waals surface area contributed by atoms with E-state index >= 15 is 0 Å². The molecule has 3 atom stereocenters. The number of carbonyl (C=O) groups is 1. The lowest BCUT2D eigenvalue weighted by Gasteiger charge is -2.37. The molecule has 0 spiro atoms. The number of hydrogen-bond acceptors (Lipinski definition) is 3. The summed E-state index contributed by atoms with van der Waals surface area (Å²) in [7, 11) is 4.16. The van der Waals surface area contributed by atoms with Gasteiger partial charge in [0.25, 0.3) is 0 Å². The van der Waals surface area contributed by atoms with E-state index in [1.807, 2.05) is 6.92 Å². The first-order chi connectivity index (χ1) is 9.26. The van der Waals surface area contributed by atoms with Gasteiger partial charge in [0, 0.05) is 12.6 Å². The van der Waals surface area contributed by atoms with Crippen LogP contribution in [0, 0.1) is 5.92 Å². The van der Waals surface area contributed by atoms with Crippen LogP contribution in [0.15, 0.2) is 0 Å². The van der Waals surface area contributed by atoms with Gasteiger partial charge < -0.3 is 9.80 Å². The highest BCUT2D eigenvalue weighted by Crippen LogP contribution is 2.30. The number of rotatable bonds is 7. The lowest BCUT2D eigenvalue weighted by molar-refractivity contribution is -0.136. The van der Waals surface area contributed by atoms with Crippen molar-refractivity contribution in [1.29, 1.82) is 0 Å². The SMILES string of the molecule is CCCC1NC(C)(CC)C(=O)N1C(CN(C)C)C(C)C. The quantitative estimate of drug-likeness (QED) is 0.779. The first kappa shape index (κ1) is 17.4. The highest BCUT2D eigenvalue weighted by atomic mass is 16.2. The highest BCUT2D eigenvalue weighted by Gasteiger charge is 2.49. The zero-order valence-corrected chi connectivity index (χ0v) is 14.4. The van der Waals surface area contributed by atoms with Crippen molar-refractivity contribution in [3.63, 3.8) is 0 Å². The Morgan fingerprint density at radius 3 is 2.35 bits per heavy atom. The molecule has 1 fully saturated rings. The van der Waals surface area contributed by atoms with Gasteiger partial charge >= 0.3 is 0 Å². The fourth-order valence-electron chi connectivity index (χ4n) is 3.04. The summed E-state index contributed by atoms with van der Waals surface area (Å²) in [4.78, 5) is 17.2. The Morgan fingerprint density at radius 2 is 1.95 bits per heavy atom. The Kier molecular flexibility index (Phi) is 6.02. The summed E-state index contributed by atoms with van der Waals surface area (Å²) < 4.78 is 0. The molecule has 0 aliphatic carbocycles. The minimum atomic E-state index is -0.390. The normalized spacial score (nSPS) is 28.8. The first-order valence-electron chi connectivity index (χ1n) is 8.02. The van der Waals surface area contributed by atoms with Crippen molar-refractivity contribution in [3.05, 3.63) is 0 Å². The van der Waals surface area contributed by atoms with Gasteiger partial charge in [-0.2, -0.15) is 0 Å². The van der Waals surface area contributed by atoms with E-state index in [1.165, 1.54) is 0 Å². The van der Waals surface area contributed by atoms with Gasteiger partial charge in [-0.25, -0.2) is 0 Å². The van der Waals surface area contributed by atoms with Crippen LogP contribution in [0.1, 0.15) is 53.9 Å². The van der Waals surface area contributed by atoms with Gasteiger partial charge in [-0.05, 0) is 39.8 Å². The monoisotopic (exact) mass is 283 g/mol. The predicted octanol–water partition coefficient (Wildman–Crippen LogP) is 2.30. The second-order valence-electron chi connectivity index (χ2n) is 6.92. The summed E-state index contributed by atoms with van der Waals surface area (Å²) in [6.45, 7) is 11.7. The van der Waals surface area contributed by atoms with Crippen LogP contribution in [0.25, 0.3) is 0 Å². The molecule has 1 saturated heterocycles. The number of hydrogen-bond donors (Lipinski definition) is 1. The molecule has 0 aromatic carbocycles. The summed E-state index contributed by atoms with van der Waals surface area (Å²) in [5, 5.41) is 3.58. The Hall–Kier alpha value is -0.610. The minimum Gasteiger partial charge on any atom is -0.321 e. The van der Waals surface area contributed by atoms with Crippen LogP contribution in [-0.2, 0) is 4.79 Å². The van der Waals surface area contributed by atoms with Gasteiger partial charge in [-0.3, -0.25) is 10.1 Å². The van der Waals surface area contributed by atoms with Crippen molar-refractivity contribution >= 4 is 5.91 Å². The third kappa shape index (κ3) is 3.53. The van der Waals surface area contributed by atoms with E-state index in [0.29, 0.717) is 5.92 Å². The fraction of sp³-hybridized carbons (Fsp3) is 0.938. The molecule has 0 bridgehead atoms. The maximum atomic E-state index is 12.9. The molecule has 1 aliphatic rings. The third-order valence-corrected chi connectivity index (χ3v) is 4.48. The maximum Gasteiger partial charge on any atom is 0.244 e. The van der Waals surface area contributed by atoms with Gasteiger partial charge in [0.2, 0.25) is 5.91 Å². The Labute approximate surface area is 124 Å². The summed E-state index contributed by atoms with van der Waals surface area (Å²) >= 11 is 0. The van der Waals surface area contributed by atoms with Gasteiger partial charge in [0.05, 0.1) is 11.7 Å². The topological polar surface area (TPSA) is 35.6 Å². The zero-order valence-electron chi connectivity index (χ0n) is 14.4. The zero-order chi connectivity index (χ0) is 15.5. The van der Waals surface area contributed by atoms with Crippen LogP contribution in [-0.4, -0.2) is 54.1 Å². The fourth-order valence-corrected chi connectivity index (χ4v) is 3.04. The summed E-state index contributed by atoms with van der Waals surface area (Å²) in [6, 6.07) is 0.273. The molecule has 0 radical (unpaired) electrons. The lowest BCUT2D eigenvalue weighted by atomic mass is 9.96. The largest absolute Gasteiger partial charge is 0.321 e. The molecular formula is C16H33N3O. The molecule has 1 rings (SSSR count). The summed E-state index contributed by atoms with van der Waals surface area (Å²) in [5.41, 5.74) is -0.390. The second kappa shape index (κ2) is 6.90. The molecule has 3 unspecified atom stereocenters. The van der Waals surface area contributed by atoms with E-state index in [4.69, 9.17) is 0 Å². The molecule has 1 amide bonds. The van der Waals surface area contributed by atoms with Gasteiger partial charge in [0.1, 0.15) is 0 Å². The first-order valence-corrected chi connectivity index (χ1v) is 8.02. The van der Waals surface area contributed by atoms with E-state index in [1.54, 1.807) is 0 Å². The van der Waals surface area contributed by atoms with Crippen LogP contribution >= 0.6 is 0 Å². The molecule has 0 aromatic rings. The molecule has 1 heterocycles. The second-order valence-corrected chi connectivity index (χ2v) is 6.92. The van der Waals surface area contributed by atoms with E-state index in [2.05, 4.69) is 56.9 Å². The molecule has 20 heavy (non-hydrogen) atoms. The third-order valence-electron chi connectivity index (χ3n) is 4.48. The minimum absolute atomic E-state index is 0.185. The van der Waals surface area contributed by atoms with Crippen LogP contribution in [0.3, 0.4) is 0 Å². The summed E-state index contributed by atoms with van der Waals surface area (Å²) in [5.74, 6) is 0.737. The number of amides is 1. The number of likely N-dealkylation sites (N-methyl/N-ethyl adjacent to an activating group) is 1. The molecule has 0 saturated carbocycles. The Bertz CT molecular complexity index is 330. The molecular weight excluding hydrogens is 250 g/mol. The van der Waals surface area contributed by atoms with Crippen molar-refractivity contribution in [3.8, 4) is 0 Å². The van der Waals surface area contributed by atoms with E-state index < -0.39 is 0 Å². The van der Waals surface area contributed by atoms with E-state index in [9.17, 15) is 4.79 Å². The van der Waals surface area contributed by atoms with Crippen LogP contribution in [0.2, 0.25) is 0 Å². The highest BCUT2D eigenvalue weighted by molar-refractivity contribution is 5.88. The standard InChI is InChI=1S/C16H33N3O/c1-8-10-14-17-16(5,9-2)15(20)19(14)13(12(3)4)11-18(6)7/h12-14,17H,8-11H2,1-7H3. The number of nitrogens with zero attached hydrogens (tertiary/aromatic N) is 2. The van der Waals surface area contributed by atoms with Crippen molar-refractivity contribution < 1.29 is 4.79 Å². The van der Waals surface area contributed by atoms with Crippen molar-refractivity contribution in [2.45, 2.75) is 71.6 Å². The van der Waals surface area contributed by atoms with Crippen molar-refractivity contribution in [2.24, 2.45) is 5.92 Å². The Morgan fingerprint density at radius 1 is 1.35 bits per heavy atom. The van der Waals surface area contributed by atoms with E-state index in [-0.39, 0.29) is 23.7 Å². The average Bonchev–Trinajstić information content (AvgIpc) is 2.60. The van der Waals surface area contributed by atoms with Crippen LogP contribution in [0.5, 0.6) is 0 Å². The number of nitrogens with one attached hydrogen (secondary N) is 1. The van der Waals surface area contributed by atoms with Crippen LogP contribution in [0.4, 0.5) is 0 Å². The predicted molar refractivity (Wildman–Crippen MR) is 84.6 cm³/mol. The number of carbonyl (C=O) groups excluding carboxylic acids is 1. The molecule has 0 aromatic heterocycles. The lowest BCUT2D eigenvalue weighted by Crippen LogP contribution is -2.51. The smallest absolute Gasteiger partial charge is 0.244 e. The molecule has 1 N–H and O–H groups in total. The van der Waals surface area contributed by atoms with E-state index in [0.717, 1.165) is 25.8 Å². The summed E-state index contributed by atoms with van der Waals surface area (Å²) in [6.07, 6.45) is 3.14. The van der Waals surface area contributed by atoms with Gasteiger partial charge in [-0.15, -0.1) is 0 Å². The van der Waals surface area contributed by atoms with Crippen LogP contribution < -0.4 is 5.32 Å².